The molecule has 0 bridgehead atoms. The van der Waals surface area contributed by atoms with E-state index in [1.165, 1.54) is 0 Å². The Bertz CT molecular complexity index is 1070. The maximum absolute atomic E-state index is 12.7. The molecule has 1 aromatic carbocycles. The van der Waals surface area contributed by atoms with E-state index in [4.69, 9.17) is 4.98 Å². The second kappa shape index (κ2) is 6.52. The van der Waals surface area contributed by atoms with Crippen molar-refractivity contribution in [2.75, 3.05) is 0 Å². The van der Waals surface area contributed by atoms with Crippen molar-refractivity contribution in [3.8, 4) is 11.8 Å². The second-order valence-corrected chi connectivity index (χ2v) is 6.44. The standard InChI is InChI=1S/C21H19N3O/c1-15-6-5-7-17(22-15)11-9-16-10-12-18-19(14-16)23-20-8-3-2-4-13-24(20)21(18)25/h5-7,10,12,14H,2-4,8,13H2,1H3. The fourth-order valence-corrected chi connectivity index (χ4v) is 3.24. The molecule has 2 aromatic heterocycles. The summed E-state index contributed by atoms with van der Waals surface area (Å²) in [6.07, 6.45) is 4.16. The van der Waals surface area contributed by atoms with Crippen LogP contribution < -0.4 is 5.56 Å². The Morgan fingerprint density at radius 2 is 1.96 bits per heavy atom. The summed E-state index contributed by atoms with van der Waals surface area (Å²) >= 11 is 0. The van der Waals surface area contributed by atoms with Crippen LogP contribution in [0.2, 0.25) is 0 Å². The van der Waals surface area contributed by atoms with E-state index in [9.17, 15) is 4.79 Å². The van der Waals surface area contributed by atoms with Gasteiger partial charge in [0.2, 0.25) is 0 Å². The Hall–Kier alpha value is -2.93. The molecule has 0 saturated heterocycles. The van der Waals surface area contributed by atoms with Gasteiger partial charge in [-0.25, -0.2) is 9.97 Å². The SMILES string of the molecule is Cc1cccc(C#Cc2ccc3c(=O)n4c(nc3c2)CCCCC4)n1. The van der Waals surface area contributed by atoms with E-state index < -0.39 is 0 Å². The van der Waals surface area contributed by atoms with Crippen LogP contribution in [0.1, 0.15) is 42.0 Å². The van der Waals surface area contributed by atoms with Gasteiger partial charge in [0.25, 0.3) is 5.56 Å². The highest BCUT2D eigenvalue weighted by Crippen LogP contribution is 2.16. The molecule has 124 valence electrons. The van der Waals surface area contributed by atoms with Crippen LogP contribution in [-0.2, 0) is 13.0 Å². The molecule has 0 fully saturated rings. The molecule has 0 N–H and O–H groups in total. The first-order valence-electron chi connectivity index (χ1n) is 8.70. The lowest BCUT2D eigenvalue weighted by Crippen LogP contribution is -2.24. The third kappa shape index (κ3) is 3.18. The molecule has 0 saturated carbocycles. The summed E-state index contributed by atoms with van der Waals surface area (Å²) < 4.78 is 1.84. The molecular formula is C21H19N3O. The second-order valence-electron chi connectivity index (χ2n) is 6.44. The first-order valence-corrected chi connectivity index (χ1v) is 8.70. The van der Waals surface area contributed by atoms with Gasteiger partial charge in [0, 0.05) is 24.2 Å². The largest absolute Gasteiger partial charge is 0.296 e. The number of hydrogen-bond acceptors (Lipinski definition) is 3. The minimum absolute atomic E-state index is 0.0711. The maximum atomic E-state index is 12.7. The Morgan fingerprint density at radius 3 is 2.84 bits per heavy atom. The average Bonchev–Trinajstić information content (AvgIpc) is 2.86. The number of fused-ring (bicyclic) bond motifs is 2. The van der Waals surface area contributed by atoms with Gasteiger partial charge in [-0.2, -0.15) is 0 Å². The van der Waals surface area contributed by atoms with Crippen molar-refractivity contribution >= 4 is 10.9 Å². The van der Waals surface area contributed by atoms with Crippen molar-refractivity contribution in [3.05, 3.63) is 69.5 Å². The Morgan fingerprint density at radius 1 is 1.04 bits per heavy atom. The van der Waals surface area contributed by atoms with E-state index in [0.717, 1.165) is 60.5 Å². The highest BCUT2D eigenvalue weighted by atomic mass is 16.1. The van der Waals surface area contributed by atoms with Crippen molar-refractivity contribution in [3.63, 3.8) is 0 Å². The molecular weight excluding hydrogens is 310 g/mol. The van der Waals surface area contributed by atoms with E-state index in [-0.39, 0.29) is 5.56 Å². The number of benzene rings is 1. The van der Waals surface area contributed by atoms with Crippen LogP contribution in [0.4, 0.5) is 0 Å². The van der Waals surface area contributed by atoms with Crippen molar-refractivity contribution in [1.82, 2.24) is 14.5 Å². The lowest BCUT2D eigenvalue weighted by Gasteiger charge is -2.10. The third-order valence-electron chi connectivity index (χ3n) is 4.54. The molecule has 25 heavy (non-hydrogen) atoms. The molecule has 1 aliphatic heterocycles. The van der Waals surface area contributed by atoms with Crippen LogP contribution in [0.3, 0.4) is 0 Å². The average molecular weight is 329 g/mol. The Labute approximate surface area is 146 Å². The van der Waals surface area contributed by atoms with Crippen LogP contribution in [0, 0.1) is 18.8 Å². The van der Waals surface area contributed by atoms with Gasteiger partial charge in [0.15, 0.2) is 0 Å². The number of rotatable bonds is 0. The van der Waals surface area contributed by atoms with Gasteiger partial charge in [-0.3, -0.25) is 9.36 Å². The minimum Gasteiger partial charge on any atom is -0.296 e. The predicted molar refractivity (Wildman–Crippen MR) is 98.5 cm³/mol. The zero-order valence-electron chi connectivity index (χ0n) is 14.2. The van der Waals surface area contributed by atoms with Crippen LogP contribution in [0.5, 0.6) is 0 Å². The molecule has 0 unspecified atom stereocenters. The van der Waals surface area contributed by atoms with Gasteiger partial charge in [-0.15, -0.1) is 0 Å². The topological polar surface area (TPSA) is 47.8 Å². The Kier molecular flexibility index (Phi) is 4.07. The number of pyridine rings is 1. The third-order valence-corrected chi connectivity index (χ3v) is 4.54. The van der Waals surface area contributed by atoms with Crippen molar-refractivity contribution in [2.24, 2.45) is 0 Å². The van der Waals surface area contributed by atoms with Crippen molar-refractivity contribution < 1.29 is 0 Å². The van der Waals surface area contributed by atoms with E-state index in [1.54, 1.807) is 0 Å². The zero-order chi connectivity index (χ0) is 17.2. The first kappa shape index (κ1) is 15.6. The van der Waals surface area contributed by atoms with E-state index in [2.05, 4.69) is 16.8 Å². The number of nitrogens with zero attached hydrogens (tertiary/aromatic N) is 3. The molecule has 3 aromatic rings. The summed E-state index contributed by atoms with van der Waals surface area (Å²) in [6.45, 7) is 2.72. The number of aryl methyl sites for hydroxylation is 2. The quantitative estimate of drug-likeness (QED) is 0.595. The predicted octanol–water partition coefficient (Wildman–Crippen LogP) is 3.23. The summed E-state index contributed by atoms with van der Waals surface area (Å²) in [5.41, 5.74) is 3.35. The molecule has 4 heteroatoms. The van der Waals surface area contributed by atoms with Gasteiger partial charge in [-0.05, 0) is 56.0 Å². The molecule has 4 nitrogen and oxygen atoms in total. The zero-order valence-corrected chi connectivity index (χ0v) is 14.2. The minimum atomic E-state index is 0.0711. The molecule has 1 aliphatic rings. The van der Waals surface area contributed by atoms with Gasteiger partial charge in [0.1, 0.15) is 11.5 Å². The fourth-order valence-electron chi connectivity index (χ4n) is 3.24. The molecule has 4 rings (SSSR count). The number of aromatic nitrogens is 3. The van der Waals surface area contributed by atoms with Gasteiger partial charge < -0.3 is 0 Å². The van der Waals surface area contributed by atoms with Gasteiger partial charge in [-0.1, -0.05) is 18.4 Å². The summed E-state index contributed by atoms with van der Waals surface area (Å²) in [7, 11) is 0. The molecule has 0 spiro atoms. The van der Waals surface area contributed by atoms with E-state index >= 15 is 0 Å². The molecule has 3 heterocycles. The highest BCUT2D eigenvalue weighted by Gasteiger charge is 2.13. The maximum Gasteiger partial charge on any atom is 0.261 e. The van der Waals surface area contributed by atoms with Crippen LogP contribution in [0.15, 0.2) is 41.2 Å². The Balaban J connectivity index is 1.77. The fraction of sp³-hybridized carbons (Fsp3) is 0.286. The smallest absolute Gasteiger partial charge is 0.261 e. The highest BCUT2D eigenvalue weighted by molar-refractivity contribution is 5.79. The van der Waals surface area contributed by atoms with Gasteiger partial charge in [0.05, 0.1) is 10.9 Å². The summed E-state index contributed by atoms with van der Waals surface area (Å²) in [5.74, 6) is 7.12. The van der Waals surface area contributed by atoms with Crippen LogP contribution >= 0.6 is 0 Å². The van der Waals surface area contributed by atoms with Crippen molar-refractivity contribution in [1.29, 1.82) is 0 Å². The molecule has 0 radical (unpaired) electrons. The molecule has 0 atom stereocenters. The lowest BCUT2D eigenvalue weighted by molar-refractivity contribution is 0.614. The summed E-state index contributed by atoms with van der Waals surface area (Å²) in [4.78, 5) is 21.9. The normalized spacial score (nSPS) is 13.6. The summed E-state index contributed by atoms with van der Waals surface area (Å²) in [6, 6.07) is 11.4. The monoisotopic (exact) mass is 329 g/mol. The van der Waals surface area contributed by atoms with Crippen LogP contribution in [0.25, 0.3) is 10.9 Å². The van der Waals surface area contributed by atoms with E-state index in [0.29, 0.717) is 5.39 Å². The molecule has 0 amide bonds. The van der Waals surface area contributed by atoms with E-state index in [1.807, 2.05) is 47.9 Å². The van der Waals surface area contributed by atoms with Crippen LogP contribution in [-0.4, -0.2) is 14.5 Å². The van der Waals surface area contributed by atoms with Crippen molar-refractivity contribution in [2.45, 2.75) is 39.2 Å². The number of hydrogen-bond donors (Lipinski definition) is 0. The first-order chi connectivity index (χ1) is 12.2. The lowest BCUT2D eigenvalue weighted by atomic mass is 10.1. The molecule has 0 aliphatic carbocycles. The summed E-state index contributed by atoms with van der Waals surface area (Å²) in [5, 5.41) is 0.671. The van der Waals surface area contributed by atoms with Gasteiger partial charge >= 0.3 is 0 Å².